The fourth-order valence-electron chi connectivity index (χ4n) is 1.81. The average molecular weight is 180 g/mol. The first kappa shape index (κ1) is 8.56. The highest BCUT2D eigenvalue weighted by atomic mass is 15.3. The van der Waals surface area contributed by atoms with Crippen LogP contribution in [0.25, 0.3) is 0 Å². The van der Waals surface area contributed by atoms with Crippen LogP contribution in [0.1, 0.15) is 18.2 Å². The molecule has 0 spiro atoms. The minimum Gasteiger partial charge on any atom is -0.396 e. The van der Waals surface area contributed by atoms with Crippen LogP contribution in [-0.2, 0) is 0 Å². The van der Waals surface area contributed by atoms with Crippen molar-refractivity contribution in [2.75, 3.05) is 25.9 Å². The Morgan fingerprint density at radius 3 is 2.85 bits per heavy atom. The number of aromatic nitrogens is 2. The second kappa shape index (κ2) is 3.03. The molecule has 2 heterocycles. The van der Waals surface area contributed by atoms with E-state index in [-0.39, 0.29) is 0 Å². The van der Waals surface area contributed by atoms with Gasteiger partial charge in [-0.2, -0.15) is 5.10 Å². The number of likely N-dealkylation sites (N-methyl/N-ethyl adjacent to an activating group) is 1. The molecule has 13 heavy (non-hydrogen) atoms. The molecule has 1 fully saturated rings. The van der Waals surface area contributed by atoms with Crippen molar-refractivity contribution in [3.8, 4) is 0 Å². The van der Waals surface area contributed by atoms with E-state index in [1.165, 1.54) is 6.42 Å². The predicted molar refractivity (Wildman–Crippen MR) is 52.5 cm³/mol. The Morgan fingerprint density at radius 2 is 2.38 bits per heavy atom. The molecule has 2 N–H and O–H groups in total. The Labute approximate surface area is 78.3 Å². The maximum absolute atomic E-state index is 5.75. The van der Waals surface area contributed by atoms with Gasteiger partial charge in [0.25, 0.3) is 0 Å². The number of rotatable bonds is 1. The SMILES string of the molecule is Cc1nn([C@H]2CCN(C)C2)cc1N. The molecule has 2 rings (SSSR count). The lowest BCUT2D eigenvalue weighted by molar-refractivity contribution is 0.381. The van der Waals surface area contributed by atoms with E-state index in [4.69, 9.17) is 5.73 Å². The van der Waals surface area contributed by atoms with Crippen LogP contribution in [0, 0.1) is 6.92 Å². The number of likely N-dealkylation sites (tertiary alicyclic amines) is 1. The molecule has 0 aliphatic carbocycles. The summed E-state index contributed by atoms with van der Waals surface area (Å²) in [4.78, 5) is 2.32. The molecule has 1 aliphatic heterocycles. The molecule has 0 radical (unpaired) electrons. The summed E-state index contributed by atoms with van der Waals surface area (Å²) in [7, 11) is 2.14. The van der Waals surface area contributed by atoms with Crippen molar-refractivity contribution >= 4 is 5.69 Å². The highest BCUT2D eigenvalue weighted by Crippen LogP contribution is 2.21. The number of nitrogens with two attached hydrogens (primary N) is 1. The third-order valence-corrected chi connectivity index (χ3v) is 2.70. The lowest BCUT2D eigenvalue weighted by Gasteiger charge is -2.10. The summed E-state index contributed by atoms with van der Waals surface area (Å²) in [6, 6.07) is 0.515. The Balaban J connectivity index is 2.17. The highest BCUT2D eigenvalue weighted by Gasteiger charge is 2.21. The number of hydrogen-bond acceptors (Lipinski definition) is 3. The minimum atomic E-state index is 0.515. The standard InChI is InChI=1S/C9H16N4/c1-7-9(10)6-13(11-7)8-3-4-12(2)5-8/h6,8H,3-5,10H2,1-2H3/t8-/m0/s1. The first-order valence-electron chi connectivity index (χ1n) is 4.66. The van der Waals surface area contributed by atoms with Gasteiger partial charge in [-0.25, -0.2) is 0 Å². The van der Waals surface area contributed by atoms with Gasteiger partial charge in [0.05, 0.1) is 17.4 Å². The lowest BCUT2D eigenvalue weighted by Crippen LogP contribution is -2.16. The van der Waals surface area contributed by atoms with E-state index < -0.39 is 0 Å². The molecule has 72 valence electrons. The smallest absolute Gasteiger partial charge is 0.0823 e. The van der Waals surface area contributed by atoms with Gasteiger partial charge in [-0.3, -0.25) is 4.68 Å². The first-order valence-corrected chi connectivity index (χ1v) is 4.66. The van der Waals surface area contributed by atoms with Crippen molar-refractivity contribution in [1.29, 1.82) is 0 Å². The van der Waals surface area contributed by atoms with Gasteiger partial charge in [-0.05, 0) is 26.9 Å². The van der Waals surface area contributed by atoms with Gasteiger partial charge >= 0.3 is 0 Å². The van der Waals surface area contributed by atoms with E-state index >= 15 is 0 Å². The fourth-order valence-corrected chi connectivity index (χ4v) is 1.81. The van der Waals surface area contributed by atoms with Crippen LogP contribution in [0.2, 0.25) is 0 Å². The monoisotopic (exact) mass is 180 g/mol. The van der Waals surface area contributed by atoms with E-state index in [2.05, 4.69) is 17.0 Å². The number of nitrogens with zero attached hydrogens (tertiary/aromatic N) is 3. The summed E-state index contributed by atoms with van der Waals surface area (Å²) in [5.41, 5.74) is 7.49. The molecule has 1 saturated heterocycles. The van der Waals surface area contributed by atoms with Crippen molar-refractivity contribution in [2.45, 2.75) is 19.4 Å². The van der Waals surface area contributed by atoms with Crippen molar-refractivity contribution in [2.24, 2.45) is 0 Å². The quantitative estimate of drug-likeness (QED) is 0.690. The Bertz CT molecular complexity index is 285. The maximum atomic E-state index is 5.75. The predicted octanol–water partition coefficient (Wildman–Crippen LogP) is 0.650. The van der Waals surface area contributed by atoms with E-state index in [0.717, 1.165) is 24.5 Å². The van der Waals surface area contributed by atoms with Crippen LogP contribution >= 0.6 is 0 Å². The lowest BCUT2D eigenvalue weighted by atomic mass is 10.3. The van der Waals surface area contributed by atoms with E-state index in [0.29, 0.717) is 6.04 Å². The first-order chi connectivity index (χ1) is 6.16. The molecule has 4 heteroatoms. The third-order valence-electron chi connectivity index (χ3n) is 2.70. The van der Waals surface area contributed by atoms with Crippen molar-refractivity contribution in [1.82, 2.24) is 14.7 Å². The molecule has 0 bridgehead atoms. The van der Waals surface area contributed by atoms with Gasteiger partial charge in [0, 0.05) is 12.7 Å². The van der Waals surface area contributed by atoms with E-state index in [9.17, 15) is 0 Å². The fraction of sp³-hybridized carbons (Fsp3) is 0.667. The van der Waals surface area contributed by atoms with Crippen LogP contribution in [0.4, 0.5) is 5.69 Å². The number of hydrogen-bond donors (Lipinski definition) is 1. The molecule has 4 nitrogen and oxygen atoms in total. The van der Waals surface area contributed by atoms with Gasteiger partial charge in [0.2, 0.25) is 0 Å². The summed E-state index contributed by atoms with van der Waals surface area (Å²) in [5, 5.41) is 4.39. The Morgan fingerprint density at radius 1 is 1.62 bits per heavy atom. The molecular formula is C9H16N4. The van der Waals surface area contributed by atoms with Gasteiger partial charge in [-0.1, -0.05) is 0 Å². The maximum Gasteiger partial charge on any atom is 0.0823 e. The van der Waals surface area contributed by atoms with E-state index in [1.807, 2.05) is 17.8 Å². The van der Waals surface area contributed by atoms with Gasteiger partial charge in [0.1, 0.15) is 0 Å². The summed E-state index contributed by atoms with van der Waals surface area (Å²) < 4.78 is 2.01. The van der Waals surface area contributed by atoms with E-state index in [1.54, 1.807) is 0 Å². The van der Waals surface area contributed by atoms with Crippen molar-refractivity contribution in [3.63, 3.8) is 0 Å². The van der Waals surface area contributed by atoms with Crippen molar-refractivity contribution < 1.29 is 0 Å². The summed E-state index contributed by atoms with van der Waals surface area (Å²) in [6.45, 7) is 4.19. The third kappa shape index (κ3) is 1.54. The largest absolute Gasteiger partial charge is 0.396 e. The molecule has 1 atom stereocenters. The number of anilines is 1. The van der Waals surface area contributed by atoms with Crippen LogP contribution in [-0.4, -0.2) is 34.8 Å². The molecule has 0 aromatic carbocycles. The zero-order valence-electron chi connectivity index (χ0n) is 8.20. The second-order valence-electron chi connectivity index (χ2n) is 3.85. The number of aryl methyl sites for hydroxylation is 1. The van der Waals surface area contributed by atoms with Crippen molar-refractivity contribution in [3.05, 3.63) is 11.9 Å². The topological polar surface area (TPSA) is 47.1 Å². The molecule has 0 saturated carbocycles. The normalized spacial score (nSPS) is 24.0. The average Bonchev–Trinajstić information content (AvgIpc) is 2.61. The van der Waals surface area contributed by atoms with Crippen LogP contribution in [0.15, 0.2) is 6.20 Å². The molecule has 0 amide bonds. The zero-order chi connectivity index (χ0) is 9.42. The zero-order valence-corrected chi connectivity index (χ0v) is 8.20. The highest BCUT2D eigenvalue weighted by molar-refractivity contribution is 5.39. The molecule has 0 unspecified atom stereocenters. The van der Waals surface area contributed by atoms with Gasteiger partial charge < -0.3 is 10.6 Å². The summed E-state index contributed by atoms with van der Waals surface area (Å²) >= 11 is 0. The van der Waals surface area contributed by atoms with Gasteiger partial charge in [-0.15, -0.1) is 0 Å². The van der Waals surface area contributed by atoms with Crippen LogP contribution in [0.5, 0.6) is 0 Å². The number of nitrogen functional groups attached to an aromatic ring is 1. The van der Waals surface area contributed by atoms with Gasteiger partial charge in [0.15, 0.2) is 0 Å². The summed E-state index contributed by atoms with van der Waals surface area (Å²) in [6.07, 6.45) is 3.12. The minimum absolute atomic E-state index is 0.515. The molecule has 1 aliphatic rings. The second-order valence-corrected chi connectivity index (χ2v) is 3.85. The molecule has 1 aromatic rings. The Kier molecular flexibility index (Phi) is 2.00. The molecule has 1 aromatic heterocycles. The van der Waals surface area contributed by atoms with Crippen LogP contribution < -0.4 is 5.73 Å². The van der Waals surface area contributed by atoms with Crippen LogP contribution in [0.3, 0.4) is 0 Å². The molecular weight excluding hydrogens is 164 g/mol. The Hall–Kier alpha value is -1.03. The summed E-state index contributed by atoms with van der Waals surface area (Å²) in [5.74, 6) is 0.